The number of carbonyl (C=O) groups excluding carboxylic acids is 1. The van der Waals surface area contributed by atoms with E-state index in [0.717, 1.165) is 25.7 Å². The van der Waals surface area contributed by atoms with Gasteiger partial charge in [-0.2, -0.15) is 0 Å². The highest BCUT2D eigenvalue weighted by atomic mass is 16.1. The Labute approximate surface area is 94.5 Å². The Morgan fingerprint density at radius 2 is 2.19 bits per heavy atom. The Balaban J connectivity index is 1.96. The minimum Gasteiger partial charge on any atom is -0.346 e. The van der Waals surface area contributed by atoms with Crippen molar-refractivity contribution in [3.05, 3.63) is 24.3 Å². The minimum atomic E-state index is -0.185. The van der Waals surface area contributed by atoms with Crippen molar-refractivity contribution in [3.8, 4) is 0 Å². The number of nitrogens with zero attached hydrogens (tertiary/aromatic N) is 2. The Bertz CT molecular complexity index is 354. The summed E-state index contributed by atoms with van der Waals surface area (Å²) in [6.45, 7) is 0. The molecule has 0 aromatic carbocycles. The first-order chi connectivity index (χ1) is 7.77. The van der Waals surface area contributed by atoms with Crippen LogP contribution in [0.3, 0.4) is 0 Å². The van der Waals surface area contributed by atoms with Crippen molar-refractivity contribution >= 4 is 5.91 Å². The van der Waals surface area contributed by atoms with E-state index in [4.69, 9.17) is 5.73 Å². The largest absolute Gasteiger partial charge is 0.346 e. The molecule has 3 N–H and O–H groups in total. The summed E-state index contributed by atoms with van der Waals surface area (Å²) in [7, 11) is 0. The molecule has 1 saturated carbocycles. The molecule has 1 fully saturated rings. The number of carbonyl (C=O) groups is 1. The molecule has 1 amide bonds. The van der Waals surface area contributed by atoms with Crippen LogP contribution in [0.25, 0.3) is 0 Å². The molecule has 0 saturated heterocycles. The van der Waals surface area contributed by atoms with Crippen molar-refractivity contribution in [2.75, 3.05) is 0 Å². The maximum Gasteiger partial charge on any atom is 0.271 e. The lowest BCUT2D eigenvalue weighted by molar-refractivity contribution is 0.0916. The normalized spacial score (nSPS) is 25.1. The zero-order valence-electron chi connectivity index (χ0n) is 9.10. The second-order valence-corrected chi connectivity index (χ2v) is 4.12. The van der Waals surface area contributed by atoms with Crippen LogP contribution in [0.1, 0.15) is 36.2 Å². The monoisotopic (exact) mass is 220 g/mol. The lowest BCUT2D eigenvalue weighted by Crippen LogP contribution is -2.49. The van der Waals surface area contributed by atoms with Gasteiger partial charge in [0.25, 0.3) is 5.91 Å². The topological polar surface area (TPSA) is 80.9 Å². The average Bonchev–Trinajstić information content (AvgIpc) is 2.33. The molecule has 1 aliphatic rings. The number of hydrogen-bond acceptors (Lipinski definition) is 4. The van der Waals surface area contributed by atoms with Crippen molar-refractivity contribution in [3.63, 3.8) is 0 Å². The second-order valence-electron chi connectivity index (χ2n) is 4.12. The summed E-state index contributed by atoms with van der Waals surface area (Å²) in [5.41, 5.74) is 6.30. The summed E-state index contributed by atoms with van der Waals surface area (Å²) < 4.78 is 0. The molecule has 1 aromatic heterocycles. The molecule has 0 radical (unpaired) electrons. The molecule has 5 nitrogen and oxygen atoms in total. The number of aromatic nitrogens is 2. The Kier molecular flexibility index (Phi) is 3.46. The van der Waals surface area contributed by atoms with E-state index in [9.17, 15) is 4.79 Å². The summed E-state index contributed by atoms with van der Waals surface area (Å²) in [5, 5.41) is 2.92. The fraction of sp³-hybridized carbons (Fsp3) is 0.545. The van der Waals surface area contributed by atoms with Crippen molar-refractivity contribution in [2.24, 2.45) is 5.73 Å². The predicted molar refractivity (Wildman–Crippen MR) is 59.7 cm³/mol. The number of hydrogen-bond donors (Lipinski definition) is 2. The number of rotatable bonds is 2. The summed E-state index contributed by atoms with van der Waals surface area (Å²) >= 11 is 0. The van der Waals surface area contributed by atoms with Gasteiger partial charge in [0.2, 0.25) is 0 Å². The van der Waals surface area contributed by atoms with Gasteiger partial charge in [-0.25, -0.2) is 4.98 Å². The number of nitrogens with one attached hydrogen (secondary N) is 1. The fourth-order valence-electron chi connectivity index (χ4n) is 2.00. The van der Waals surface area contributed by atoms with Gasteiger partial charge in [-0.3, -0.25) is 9.78 Å². The molecule has 16 heavy (non-hydrogen) atoms. The van der Waals surface area contributed by atoms with Gasteiger partial charge in [-0.15, -0.1) is 0 Å². The summed E-state index contributed by atoms with van der Waals surface area (Å²) in [6, 6.07) is 0.137. The third-order valence-corrected chi connectivity index (χ3v) is 2.93. The van der Waals surface area contributed by atoms with Crippen LogP contribution in [0.2, 0.25) is 0 Å². The SMILES string of the molecule is N[C@@H]1CCCC[C@H]1NC(=O)c1cnccn1. The first kappa shape index (κ1) is 11.0. The zero-order valence-corrected chi connectivity index (χ0v) is 9.10. The van der Waals surface area contributed by atoms with E-state index >= 15 is 0 Å². The number of nitrogens with two attached hydrogens (primary N) is 1. The highest BCUT2D eigenvalue weighted by Gasteiger charge is 2.23. The van der Waals surface area contributed by atoms with E-state index in [0.29, 0.717) is 5.69 Å². The maximum absolute atomic E-state index is 11.8. The van der Waals surface area contributed by atoms with Gasteiger partial charge in [-0.1, -0.05) is 12.8 Å². The van der Waals surface area contributed by atoms with Crippen LogP contribution in [-0.4, -0.2) is 28.0 Å². The minimum absolute atomic E-state index is 0.0642. The van der Waals surface area contributed by atoms with Crippen LogP contribution in [0.4, 0.5) is 0 Å². The molecule has 0 unspecified atom stereocenters. The van der Waals surface area contributed by atoms with Gasteiger partial charge in [-0.05, 0) is 12.8 Å². The van der Waals surface area contributed by atoms with E-state index < -0.39 is 0 Å². The Morgan fingerprint density at radius 1 is 1.38 bits per heavy atom. The molecule has 2 atom stereocenters. The molecule has 1 aromatic rings. The van der Waals surface area contributed by atoms with Crippen LogP contribution >= 0.6 is 0 Å². The number of amides is 1. The van der Waals surface area contributed by atoms with Crippen LogP contribution < -0.4 is 11.1 Å². The van der Waals surface area contributed by atoms with E-state index in [1.165, 1.54) is 12.4 Å². The highest BCUT2D eigenvalue weighted by molar-refractivity contribution is 5.92. The smallest absolute Gasteiger partial charge is 0.271 e. The first-order valence-corrected chi connectivity index (χ1v) is 5.60. The fourth-order valence-corrected chi connectivity index (χ4v) is 2.00. The van der Waals surface area contributed by atoms with Gasteiger partial charge in [0, 0.05) is 24.5 Å². The average molecular weight is 220 g/mol. The van der Waals surface area contributed by atoms with E-state index in [-0.39, 0.29) is 18.0 Å². The van der Waals surface area contributed by atoms with E-state index in [1.807, 2.05) is 0 Å². The van der Waals surface area contributed by atoms with Crippen LogP contribution in [-0.2, 0) is 0 Å². The molecule has 0 aliphatic heterocycles. The first-order valence-electron chi connectivity index (χ1n) is 5.60. The molecule has 1 aliphatic carbocycles. The van der Waals surface area contributed by atoms with E-state index in [2.05, 4.69) is 15.3 Å². The van der Waals surface area contributed by atoms with Crippen molar-refractivity contribution in [2.45, 2.75) is 37.8 Å². The second kappa shape index (κ2) is 5.03. The van der Waals surface area contributed by atoms with Crippen LogP contribution in [0, 0.1) is 0 Å². The molecule has 1 heterocycles. The Hall–Kier alpha value is -1.49. The molecule has 0 spiro atoms. The van der Waals surface area contributed by atoms with Gasteiger partial charge in [0.15, 0.2) is 0 Å². The third kappa shape index (κ3) is 2.55. The molecular formula is C11H16N4O. The summed E-state index contributed by atoms with van der Waals surface area (Å²) in [4.78, 5) is 19.6. The third-order valence-electron chi connectivity index (χ3n) is 2.93. The standard InChI is InChI=1S/C11H16N4O/c12-8-3-1-2-4-9(8)15-11(16)10-7-13-5-6-14-10/h5-9H,1-4,12H2,(H,15,16)/t8-,9-/m1/s1. The van der Waals surface area contributed by atoms with Crippen molar-refractivity contribution in [1.29, 1.82) is 0 Å². The van der Waals surface area contributed by atoms with Crippen molar-refractivity contribution < 1.29 is 4.79 Å². The van der Waals surface area contributed by atoms with Gasteiger partial charge >= 0.3 is 0 Å². The van der Waals surface area contributed by atoms with Crippen molar-refractivity contribution in [1.82, 2.24) is 15.3 Å². The highest BCUT2D eigenvalue weighted by Crippen LogP contribution is 2.17. The molecule has 0 bridgehead atoms. The van der Waals surface area contributed by atoms with Gasteiger partial charge in [0.1, 0.15) is 5.69 Å². The van der Waals surface area contributed by atoms with Gasteiger partial charge < -0.3 is 11.1 Å². The van der Waals surface area contributed by atoms with Crippen LogP contribution in [0.15, 0.2) is 18.6 Å². The lowest BCUT2D eigenvalue weighted by atomic mass is 9.91. The Morgan fingerprint density at radius 3 is 2.88 bits per heavy atom. The molecule has 86 valence electrons. The maximum atomic E-state index is 11.8. The molecule has 5 heteroatoms. The molecular weight excluding hydrogens is 204 g/mol. The van der Waals surface area contributed by atoms with E-state index in [1.54, 1.807) is 6.20 Å². The molecule has 2 rings (SSSR count). The van der Waals surface area contributed by atoms with Gasteiger partial charge in [0.05, 0.1) is 6.20 Å². The summed E-state index contributed by atoms with van der Waals surface area (Å²) in [5.74, 6) is -0.185. The summed E-state index contributed by atoms with van der Waals surface area (Å²) in [6.07, 6.45) is 8.72. The lowest BCUT2D eigenvalue weighted by Gasteiger charge is -2.29. The van der Waals surface area contributed by atoms with Crippen LogP contribution in [0.5, 0.6) is 0 Å². The predicted octanol–water partition coefficient (Wildman–Crippen LogP) is 0.476. The quantitative estimate of drug-likeness (QED) is 0.759. The zero-order chi connectivity index (χ0) is 11.4.